The number of aryl methyl sites for hydroxylation is 1. The molecule has 0 bridgehead atoms. The van der Waals surface area contributed by atoms with E-state index in [0.717, 1.165) is 24.0 Å². The lowest BCUT2D eigenvalue weighted by Gasteiger charge is -2.17. The van der Waals surface area contributed by atoms with Gasteiger partial charge in [-0.2, -0.15) is 0 Å². The van der Waals surface area contributed by atoms with Crippen LogP contribution in [0, 0.1) is 0 Å². The van der Waals surface area contributed by atoms with Crippen molar-refractivity contribution in [2.45, 2.75) is 25.4 Å². The Morgan fingerprint density at radius 2 is 2.22 bits per heavy atom. The van der Waals surface area contributed by atoms with Crippen LogP contribution in [0.5, 0.6) is 5.75 Å². The monoisotopic (exact) mass is 246 g/mol. The smallest absolute Gasteiger partial charge is 0.349 e. The second-order valence-corrected chi connectivity index (χ2v) is 4.21. The highest BCUT2D eigenvalue weighted by Gasteiger charge is 2.19. The Labute approximate surface area is 105 Å². The first-order valence-corrected chi connectivity index (χ1v) is 5.80. The lowest BCUT2D eigenvalue weighted by molar-refractivity contribution is -0.142. The highest BCUT2D eigenvalue weighted by molar-refractivity contribution is 5.98. The van der Waals surface area contributed by atoms with Crippen molar-refractivity contribution in [2.24, 2.45) is 0 Å². The molecule has 0 saturated carbocycles. The third-order valence-electron chi connectivity index (χ3n) is 2.95. The summed E-state index contributed by atoms with van der Waals surface area (Å²) < 4.78 is 5.30. The average molecular weight is 246 g/mol. The maximum absolute atomic E-state index is 11.6. The molecule has 1 aliphatic rings. The van der Waals surface area contributed by atoms with E-state index in [0.29, 0.717) is 12.2 Å². The Morgan fingerprint density at radius 1 is 1.44 bits per heavy atom. The molecule has 0 amide bonds. The van der Waals surface area contributed by atoms with Gasteiger partial charge in [-0.25, -0.2) is 4.79 Å². The number of ether oxygens (including phenoxy) is 1. The summed E-state index contributed by atoms with van der Waals surface area (Å²) in [7, 11) is 0. The number of carbonyl (C=O) groups is 2. The number of aliphatic carboxylic acids is 1. The minimum absolute atomic E-state index is 0.140. The van der Waals surface area contributed by atoms with Gasteiger partial charge in [-0.1, -0.05) is 6.58 Å². The highest BCUT2D eigenvalue weighted by atomic mass is 16.5. The molecule has 18 heavy (non-hydrogen) atoms. The number of Topliss-reactive ketones (excluding diaryl/α,β-unsaturated/α-hetero) is 1. The molecule has 1 N–H and O–H groups in total. The fourth-order valence-electron chi connectivity index (χ4n) is 2.04. The number of carboxylic acids is 1. The largest absolute Gasteiger partial charge is 0.478 e. The van der Waals surface area contributed by atoms with E-state index in [1.54, 1.807) is 18.2 Å². The van der Waals surface area contributed by atoms with Crippen molar-refractivity contribution in [1.82, 2.24) is 0 Å². The molecule has 1 atom stereocenters. The quantitative estimate of drug-likeness (QED) is 0.827. The van der Waals surface area contributed by atoms with Crippen LogP contribution in [0.2, 0.25) is 0 Å². The Kier molecular flexibility index (Phi) is 3.46. The molecule has 0 fully saturated rings. The zero-order valence-corrected chi connectivity index (χ0v) is 9.89. The number of fused-ring (bicyclic) bond motifs is 1. The predicted molar refractivity (Wildman–Crippen MR) is 66.0 cm³/mol. The van der Waals surface area contributed by atoms with Gasteiger partial charge in [0.2, 0.25) is 6.10 Å². The van der Waals surface area contributed by atoms with Gasteiger partial charge in [0.05, 0.1) is 0 Å². The van der Waals surface area contributed by atoms with E-state index in [-0.39, 0.29) is 5.78 Å². The van der Waals surface area contributed by atoms with Gasteiger partial charge >= 0.3 is 5.97 Å². The van der Waals surface area contributed by atoms with Crippen LogP contribution >= 0.6 is 0 Å². The number of carbonyl (C=O) groups excluding carboxylic acids is 1. The second-order valence-electron chi connectivity index (χ2n) is 4.21. The van der Waals surface area contributed by atoms with Crippen molar-refractivity contribution in [3.63, 3.8) is 0 Å². The molecule has 1 aromatic rings. The van der Waals surface area contributed by atoms with Gasteiger partial charge in [0.1, 0.15) is 5.75 Å². The third-order valence-corrected chi connectivity index (χ3v) is 2.95. The number of benzene rings is 1. The van der Waals surface area contributed by atoms with Crippen LogP contribution in [-0.4, -0.2) is 23.0 Å². The van der Waals surface area contributed by atoms with E-state index in [9.17, 15) is 9.59 Å². The minimum Gasteiger partial charge on any atom is -0.478 e. The minimum atomic E-state index is -1.08. The van der Waals surface area contributed by atoms with Crippen LogP contribution in [0.1, 0.15) is 28.8 Å². The Morgan fingerprint density at radius 3 is 2.89 bits per heavy atom. The first-order chi connectivity index (χ1) is 8.61. The zero-order valence-electron chi connectivity index (χ0n) is 9.89. The molecule has 0 aliphatic heterocycles. The van der Waals surface area contributed by atoms with E-state index in [1.165, 1.54) is 6.08 Å². The SMILES string of the molecule is C=CC(Oc1ccc2c(c1)CCCC2=O)C(=O)O. The van der Waals surface area contributed by atoms with Gasteiger partial charge in [0.25, 0.3) is 0 Å². The van der Waals surface area contributed by atoms with E-state index < -0.39 is 12.1 Å². The topological polar surface area (TPSA) is 63.6 Å². The highest BCUT2D eigenvalue weighted by Crippen LogP contribution is 2.26. The number of hydrogen-bond donors (Lipinski definition) is 1. The van der Waals surface area contributed by atoms with E-state index in [2.05, 4.69) is 6.58 Å². The molecule has 1 unspecified atom stereocenters. The van der Waals surface area contributed by atoms with Crippen LogP contribution in [0.15, 0.2) is 30.9 Å². The van der Waals surface area contributed by atoms with Crippen molar-refractivity contribution in [3.05, 3.63) is 42.0 Å². The summed E-state index contributed by atoms with van der Waals surface area (Å²) in [6.45, 7) is 3.42. The van der Waals surface area contributed by atoms with Crippen LogP contribution in [0.4, 0.5) is 0 Å². The molecule has 1 aliphatic carbocycles. The van der Waals surface area contributed by atoms with E-state index in [4.69, 9.17) is 9.84 Å². The Balaban J connectivity index is 2.23. The van der Waals surface area contributed by atoms with Crippen LogP contribution in [0.25, 0.3) is 0 Å². The first kappa shape index (κ1) is 12.4. The number of hydrogen-bond acceptors (Lipinski definition) is 3. The van der Waals surface area contributed by atoms with Gasteiger partial charge in [0, 0.05) is 12.0 Å². The van der Waals surface area contributed by atoms with Crippen LogP contribution in [0.3, 0.4) is 0 Å². The predicted octanol–water partition coefficient (Wildman–Crippen LogP) is 2.22. The van der Waals surface area contributed by atoms with Crippen LogP contribution < -0.4 is 4.74 Å². The first-order valence-electron chi connectivity index (χ1n) is 5.80. The fourth-order valence-corrected chi connectivity index (χ4v) is 2.04. The standard InChI is InChI=1S/C14H14O4/c1-2-13(14(16)17)18-10-6-7-11-9(8-10)4-3-5-12(11)15/h2,6-8,13H,1,3-5H2,(H,16,17). The molecule has 0 saturated heterocycles. The molecule has 0 radical (unpaired) electrons. The molecule has 94 valence electrons. The lowest BCUT2D eigenvalue weighted by atomic mass is 9.90. The maximum atomic E-state index is 11.6. The van der Waals surface area contributed by atoms with Gasteiger partial charge in [-0.3, -0.25) is 4.79 Å². The zero-order chi connectivity index (χ0) is 13.1. The third kappa shape index (κ3) is 2.42. The van der Waals surface area contributed by atoms with Gasteiger partial charge in [0.15, 0.2) is 5.78 Å². The fraction of sp³-hybridized carbons (Fsp3) is 0.286. The molecule has 4 nitrogen and oxygen atoms in total. The van der Waals surface area contributed by atoms with Gasteiger partial charge < -0.3 is 9.84 Å². The molecule has 2 rings (SSSR count). The molecular weight excluding hydrogens is 232 g/mol. The molecule has 0 aromatic heterocycles. The summed E-state index contributed by atoms with van der Waals surface area (Å²) in [4.78, 5) is 22.5. The van der Waals surface area contributed by atoms with Crippen molar-refractivity contribution in [3.8, 4) is 5.75 Å². The van der Waals surface area contributed by atoms with Crippen LogP contribution in [-0.2, 0) is 11.2 Å². The maximum Gasteiger partial charge on any atom is 0.349 e. The summed E-state index contributed by atoms with van der Waals surface area (Å²) in [6, 6.07) is 5.07. The molecule has 0 spiro atoms. The summed E-state index contributed by atoms with van der Waals surface area (Å²) in [5, 5.41) is 8.86. The average Bonchev–Trinajstić information content (AvgIpc) is 2.35. The van der Waals surface area contributed by atoms with Crippen molar-refractivity contribution in [1.29, 1.82) is 0 Å². The van der Waals surface area contributed by atoms with Gasteiger partial charge in [-0.15, -0.1) is 0 Å². The Bertz CT molecular complexity index is 505. The Hall–Kier alpha value is -2.10. The molecular formula is C14H14O4. The number of ketones is 1. The molecule has 0 heterocycles. The summed E-state index contributed by atoms with van der Waals surface area (Å²) in [5.74, 6) is -0.490. The van der Waals surface area contributed by atoms with Crippen molar-refractivity contribution >= 4 is 11.8 Å². The summed E-state index contributed by atoms with van der Waals surface area (Å²) in [6.07, 6.45) is 2.40. The van der Waals surface area contributed by atoms with E-state index in [1.807, 2.05) is 0 Å². The molecule has 4 heteroatoms. The normalized spacial score (nSPS) is 15.7. The summed E-state index contributed by atoms with van der Waals surface area (Å²) >= 11 is 0. The summed E-state index contributed by atoms with van der Waals surface area (Å²) in [5.41, 5.74) is 1.65. The van der Waals surface area contributed by atoms with E-state index >= 15 is 0 Å². The van der Waals surface area contributed by atoms with Crippen molar-refractivity contribution < 1.29 is 19.4 Å². The second kappa shape index (κ2) is 5.04. The van der Waals surface area contributed by atoms with Gasteiger partial charge in [-0.05, 0) is 42.7 Å². The number of rotatable bonds is 4. The lowest BCUT2D eigenvalue weighted by Crippen LogP contribution is -2.24. The molecule has 1 aromatic carbocycles. The number of carboxylic acid groups (broad SMARTS) is 1. The van der Waals surface area contributed by atoms with Crippen molar-refractivity contribution in [2.75, 3.05) is 0 Å².